The topological polar surface area (TPSA) is 111 Å². The highest BCUT2D eigenvalue weighted by atomic mass is 19.4. The Balaban J connectivity index is 1.23. The number of aliphatic hydroxyl groups is 1. The van der Waals surface area contributed by atoms with Gasteiger partial charge in [0.15, 0.2) is 0 Å². The van der Waals surface area contributed by atoms with Crippen LogP contribution in [0.1, 0.15) is 43.0 Å². The number of hydrogen-bond acceptors (Lipinski definition) is 7. The quantitative estimate of drug-likeness (QED) is 0.358. The number of carbonyl (C=O) groups is 1. The summed E-state index contributed by atoms with van der Waals surface area (Å²) in [6.45, 7) is 5.55. The maximum Gasteiger partial charge on any atom is 0.397 e. The molecule has 9 nitrogen and oxygen atoms in total. The molecule has 0 radical (unpaired) electrons. The number of imidazole rings is 1. The summed E-state index contributed by atoms with van der Waals surface area (Å²) >= 11 is 0. The molecule has 4 heterocycles. The number of fused-ring (bicyclic) bond motifs is 1. The predicted octanol–water partition coefficient (Wildman–Crippen LogP) is 3.83. The minimum Gasteiger partial charge on any atom is -0.384 e. The minimum absolute atomic E-state index is 0.280. The van der Waals surface area contributed by atoms with Gasteiger partial charge in [-0.15, -0.1) is 0 Å². The van der Waals surface area contributed by atoms with Crippen molar-refractivity contribution in [3.05, 3.63) is 71.7 Å². The zero-order valence-electron chi connectivity index (χ0n) is 22.2. The zero-order valence-corrected chi connectivity index (χ0v) is 22.2. The van der Waals surface area contributed by atoms with Crippen LogP contribution in [0.5, 0.6) is 0 Å². The minimum atomic E-state index is -4.48. The first kappa shape index (κ1) is 27.7. The van der Waals surface area contributed by atoms with Gasteiger partial charge in [-0.2, -0.15) is 13.2 Å². The van der Waals surface area contributed by atoms with Gasteiger partial charge in [0.2, 0.25) is 5.91 Å². The maximum atomic E-state index is 12.5. The second-order valence-corrected chi connectivity index (χ2v) is 10.5. The fourth-order valence-corrected chi connectivity index (χ4v) is 4.75. The smallest absolute Gasteiger partial charge is 0.384 e. The molecule has 5 rings (SSSR count). The first-order chi connectivity index (χ1) is 18.9. The highest BCUT2D eigenvalue weighted by molar-refractivity contribution is 5.81. The van der Waals surface area contributed by atoms with Crippen LogP contribution in [-0.4, -0.2) is 78.1 Å². The summed E-state index contributed by atoms with van der Waals surface area (Å²) < 4.78 is 37.6. The molecule has 210 valence electrons. The second-order valence-electron chi connectivity index (χ2n) is 10.5. The number of amides is 1. The van der Waals surface area contributed by atoms with Gasteiger partial charge in [-0.3, -0.25) is 14.7 Å². The van der Waals surface area contributed by atoms with Crippen LogP contribution in [0.15, 0.2) is 48.9 Å². The van der Waals surface area contributed by atoms with Crippen molar-refractivity contribution in [1.29, 1.82) is 0 Å². The molecule has 40 heavy (non-hydrogen) atoms. The summed E-state index contributed by atoms with van der Waals surface area (Å²) in [7, 11) is 0. The van der Waals surface area contributed by atoms with Crippen molar-refractivity contribution in [2.45, 2.75) is 45.0 Å². The van der Waals surface area contributed by atoms with Crippen LogP contribution in [0.25, 0.3) is 22.3 Å². The number of nitrogens with zero attached hydrogens (tertiary/aromatic N) is 6. The molecule has 2 N–H and O–H groups in total. The van der Waals surface area contributed by atoms with Gasteiger partial charge in [0, 0.05) is 56.6 Å². The van der Waals surface area contributed by atoms with Gasteiger partial charge in [0.05, 0.1) is 22.4 Å². The zero-order chi connectivity index (χ0) is 28.5. The Morgan fingerprint density at radius 2 is 1.80 bits per heavy atom. The first-order valence-corrected chi connectivity index (χ1v) is 13.0. The predicted molar refractivity (Wildman–Crippen MR) is 142 cm³/mol. The highest BCUT2D eigenvalue weighted by Gasteiger charge is 2.34. The number of pyridine rings is 1. The van der Waals surface area contributed by atoms with E-state index >= 15 is 0 Å². The standard InChI is InChI=1S/C28H30F3N7O2/c1-27(2,40)24-14-22(33-17-34-24)19-3-4-21-23(12-19)36-25(35-21)13-20-11-18(5-6-32-20)16-37-7-9-38(10-8-37)26(39)15-28(29,30)31/h3-6,11-12,14,17,40H,7-10,13,15-16H2,1-2H3,(H,35,36). The number of piperazine rings is 1. The largest absolute Gasteiger partial charge is 0.397 e. The van der Waals surface area contributed by atoms with Gasteiger partial charge in [-0.1, -0.05) is 6.07 Å². The molecule has 4 aromatic rings. The Morgan fingerprint density at radius 3 is 2.52 bits per heavy atom. The van der Waals surface area contributed by atoms with Gasteiger partial charge in [0.25, 0.3) is 0 Å². The van der Waals surface area contributed by atoms with Crippen molar-refractivity contribution in [3.63, 3.8) is 0 Å². The van der Waals surface area contributed by atoms with Crippen molar-refractivity contribution < 1.29 is 23.1 Å². The number of H-pyrrole nitrogens is 1. The fraction of sp³-hybridized carbons (Fsp3) is 0.393. The molecule has 1 saturated heterocycles. The van der Waals surface area contributed by atoms with Gasteiger partial charge < -0.3 is 15.0 Å². The molecule has 0 bridgehead atoms. The molecule has 0 aliphatic carbocycles. The van der Waals surface area contributed by atoms with E-state index in [9.17, 15) is 23.1 Å². The molecule has 1 aliphatic heterocycles. The molecule has 1 aromatic carbocycles. The van der Waals surface area contributed by atoms with E-state index in [-0.39, 0.29) is 13.1 Å². The monoisotopic (exact) mass is 553 g/mol. The number of halogens is 3. The summed E-state index contributed by atoms with van der Waals surface area (Å²) in [4.78, 5) is 36.3. The van der Waals surface area contributed by atoms with E-state index in [1.165, 1.54) is 11.2 Å². The molecule has 0 saturated carbocycles. The van der Waals surface area contributed by atoms with E-state index in [2.05, 4.69) is 24.8 Å². The van der Waals surface area contributed by atoms with E-state index in [0.29, 0.717) is 37.4 Å². The molecule has 0 unspecified atom stereocenters. The highest BCUT2D eigenvalue weighted by Crippen LogP contribution is 2.26. The molecular weight excluding hydrogens is 523 g/mol. The van der Waals surface area contributed by atoms with E-state index in [4.69, 9.17) is 4.98 Å². The summed E-state index contributed by atoms with van der Waals surface area (Å²) in [6, 6.07) is 11.5. The van der Waals surface area contributed by atoms with Crippen molar-refractivity contribution in [2.75, 3.05) is 26.2 Å². The van der Waals surface area contributed by atoms with Gasteiger partial charge in [-0.25, -0.2) is 15.0 Å². The van der Waals surface area contributed by atoms with E-state index in [1.807, 2.05) is 30.3 Å². The molecular formula is C28H30F3N7O2. The average molecular weight is 554 g/mol. The summed E-state index contributed by atoms with van der Waals surface area (Å²) in [6.07, 6.45) is -2.22. The number of aromatic nitrogens is 5. The molecule has 0 spiro atoms. The third kappa shape index (κ3) is 6.80. The van der Waals surface area contributed by atoms with Crippen molar-refractivity contribution in [3.8, 4) is 11.3 Å². The van der Waals surface area contributed by atoms with E-state index < -0.39 is 24.1 Å². The Hall–Kier alpha value is -3.90. The number of aromatic amines is 1. The lowest BCUT2D eigenvalue weighted by Gasteiger charge is -2.35. The SMILES string of the molecule is CC(C)(O)c1cc(-c2ccc3nc(Cc4cc(CN5CCN(C(=O)CC(F)(F)F)CC5)ccn4)[nH]c3c2)ncn1. The lowest BCUT2D eigenvalue weighted by molar-refractivity contribution is -0.162. The lowest BCUT2D eigenvalue weighted by atomic mass is 10.0. The number of benzene rings is 1. The van der Waals surface area contributed by atoms with Crippen LogP contribution >= 0.6 is 0 Å². The van der Waals surface area contributed by atoms with Gasteiger partial charge in [-0.05, 0) is 49.7 Å². The Kier molecular flexibility index (Phi) is 7.56. The molecule has 1 amide bonds. The molecule has 3 aromatic heterocycles. The third-order valence-corrected chi connectivity index (χ3v) is 6.83. The number of alkyl halides is 3. The first-order valence-electron chi connectivity index (χ1n) is 13.0. The number of carbonyl (C=O) groups excluding carboxylic acids is 1. The lowest BCUT2D eigenvalue weighted by Crippen LogP contribution is -2.49. The number of rotatable bonds is 7. The molecule has 1 fully saturated rings. The molecule has 12 heteroatoms. The average Bonchev–Trinajstić information content (AvgIpc) is 3.29. The Morgan fingerprint density at radius 1 is 1.02 bits per heavy atom. The third-order valence-electron chi connectivity index (χ3n) is 6.83. The van der Waals surface area contributed by atoms with Gasteiger partial charge >= 0.3 is 6.18 Å². The normalized spacial score (nSPS) is 15.1. The van der Waals surface area contributed by atoms with Gasteiger partial charge in [0.1, 0.15) is 24.2 Å². The maximum absolute atomic E-state index is 12.5. The summed E-state index contributed by atoms with van der Waals surface area (Å²) in [5.74, 6) is -0.111. The van der Waals surface area contributed by atoms with Crippen molar-refractivity contribution in [1.82, 2.24) is 34.7 Å². The Labute approximate surface area is 229 Å². The van der Waals surface area contributed by atoms with Crippen LogP contribution in [0, 0.1) is 0 Å². The van der Waals surface area contributed by atoms with Crippen LogP contribution in [0.3, 0.4) is 0 Å². The molecule has 0 atom stereocenters. The van der Waals surface area contributed by atoms with Crippen LogP contribution in [0.4, 0.5) is 13.2 Å². The van der Waals surface area contributed by atoms with E-state index in [0.717, 1.165) is 33.7 Å². The van der Waals surface area contributed by atoms with Crippen LogP contribution < -0.4 is 0 Å². The summed E-state index contributed by atoms with van der Waals surface area (Å²) in [5.41, 5.74) is 4.56. The summed E-state index contributed by atoms with van der Waals surface area (Å²) in [5, 5.41) is 10.3. The van der Waals surface area contributed by atoms with Crippen molar-refractivity contribution >= 4 is 16.9 Å². The number of hydrogen-bond donors (Lipinski definition) is 2. The second kappa shape index (κ2) is 10.9. The van der Waals surface area contributed by atoms with E-state index in [1.54, 1.807) is 26.1 Å². The van der Waals surface area contributed by atoms with Crippen LogP contribution in [0.2, 0.25) is 0 Å². The Bertz CT molecular complexity index is 1510. The van der Waals surface area contributed by atoms with Crippen LogP contribution in [-0.2, 0) is 23.4 Å². The van der Waals surface area contributed by atoms with Crippen molar-refractivity contribution in [2.24, 2.45) is 0 Å². The fourth-order valence-electron chi connectivity index (χ4n) is 4.75. The number of nitrogens with one attached hydrogen (secondary N) is 1. The molecule has 1 aliphatic rings.